The van der Waals surface area contributed by atoms with Crippen molar-refractivity contribution in [3.63, 3.8) is 0 Å². The Labute approximate surface area is 230 Å². The van der Waals surface area contributed by atoms with E-state index in [1.165, 1.54) is 6.92 Å². The van der Waals surface area contributed by atoms with E-state index in [9.17, 15) is 15.0 Å². The summed E-state index contributed by atoms with van der Waals surface area (Å²) in [6, 6.07) is 24.3. The maximum Gasteiger partial charge on any atom is 0.217 e. The Bertz CT molecular complexity index is 1250. The molecule has 5 rings (SSSR count). The molecule has 0 aromatic heterocycles. The fourth-order valence-electron chi connectivity index (χ4n) is 5.56. The summed E-state index contributed by atoms with van der Waals surface area (Å²) < 4.78 is 13.2. The smallest absolute Gasteiger partial charge is 0.217 e. The topological polar surface area (TPSA) is 91.3 Å². The number of amides is 1. The molecule has 0 spiro atoms. The molecule has 0 saturated carbocycles. The summed E-state index contributed by atoms with van der Waals surface area (Å²) in [5.41, 5.74) is 6.05. The number of aliphatic hydroxyl groups is 2. The van der Waals surface area contributed by atoms with E-state index in [-0.39, 0.29) is 36.7 Å². The van der Waals surface area contributed by atoms with Crippen LogP contribution in [0.4, 0.5) is 0 Å². The summed E-state index contributed by atoms with van der Waals surface area (Å²) in [5.74, 6) is 0.0402. The van der Waals surface area contributed by atoms with Gasteiger partial charge in [0.2, 0.25) is 5.91 Å². The Morgan fingerprint density at radius 1 is 1.00 bits per heavy atom. The average molecular weight is 531 g/mol. The number of nitrogens with one attached hydrogen (secondary N) is 1. The number of hydrogen-bond donors (Lipinski definition) is 3. The molecule has 0 aliphatic carbocycles. The highest BCUT2D eigenvalue weighted by atomic mass is 16.7. The third-order valence-corrected chi connectivity index (χ3v) is 7.85. The quantitative estimate of drug-likeness (QED) is 0.401. The number of rotatable bonds is 8. The van der Waals surface area contributed by atoms with Crippen LogP contribution < -0.4 is 5.32 Å². The van der Waals surface area contributed by atoms with Crippen LogP contribution in [0.15, 0.2) is 72.8 Å². The minimum atomic E-state index is -0.537. The number of ether oxygens (including phenoxy) is 2. The van der Waals surface area contributed by atoms with Gasteiger partial charge in [-0.3, -0.25) is 9.69 Å². The molecular formula is C32H38N2O5. The van der Waals surface area contributed by atoms with Gasteiger partial charge in [-0.15, -0.1) is 0 Å². The molecule has 206 valence electrons. The van der Waals surface area contributed by atoms with E-state index in [0.717, 1.165) is 52.9 Å². The van der Waals surface area contributed by atoms with E-state index in [2.05, 4.69) is 35.3 Å². The Kier molecular flexibility index (Phi) is 8.75. The Hall–Kier alpha value is -3.07. The number of carbonyl (C=O) groups excluding carboxylic acids is 1. The molecule has 1 amide bonds. The molecule has 2 aliphatic heterocycles. The molecule has 5 atom stereocenters. The molecule has 7 heteroatoms. The Balaban J connectivity index is 1.39. The Morgan fingerprint density at radius 2 is 1.72 bits per heavy atom. The second-order valence-electron chi connectivity index (χ2n) is 10.7. The van der Waals surface area contributed by atoms with Gasteiger partial charge in [0.05, 0.1) is 24.9 Å². The standard InChI is InChI=1S/C32H38N2O5/c1-21-30(19-34-16-15-28(37)18-34)38-32(39-31(21)25-9-7-23(20-35)8-10-25)26-13-11-24(12-14-26)29-6-4-3-5-27(29)17-33-22(2)36/h3-14,21,28,30-32,35,37H,15-20H2,1-2H3,(H,33,36)/t21-,28-,30+,31+,32+/m0/s1. The van der Waals surface area contributed by atoms with Gasteiger partial charge in [0.1, 0.15) is 0 Å². The highest BCUT2D eigenvalue weighted by Crippen LogP contribution is 2.42. The molecule has 2 fully saturated rings. The second kappa shape index (κ2) is 12.4. The van der Waals surface area contributed by atoms with Crippen LogP contribution in [0.25, 0.3) is 11.1 Å². The molecule has 2 aliphatic rings. The van der Waals surface area contributed by atoms with Crippen molar-refractivity contribution in [2.24, 2.45) is 5.92 Å². The third kappa shape index (κ3) is 6.57. The lowest BCUT2D eigenvalue weighted by atomic mass is 9.90. The summed E-state index contributed by atoms with van der Waals surface area (Å²) in [6.45, 7) is 6.43. The number of carbonyl (C=O) groups is 1. The van der Waals surface area contributed by atoms with Gasteiger partial charge in [-0.2, -0.15) is 0 Å². The van der Waals surface area contributed by atoms with E-state index in [1.54, 1.807) is 0 Å². The van der Waals surface area contributed by atoms with Crippen LogP contribution in [0.3, 0.4) is 0 Å². The number of likely N-dealkylation sites (tertiary alicyclic amines) is 1. The minimum Gasteiger partial charge on any atom is -0.392 e. The zero-order valence-electron chi connectivity index (χ0n) is 22.6. The maximum absolute atomic E-state index is 11.5. The van der Waals surface area contributed by atoms with Crippen molar-refractivity contribution in [2.75, 3.05) is 19.6 Å². The van der Waals surface area contributed by atoms with Crippen molar-refractivity contribution < 1.29 is 24.5 Å². The van der Waals surface area contributed by atoms with Crippen LogP contribution in [-0.4, -0.2) is 52.9 Å². The van der Waals surface area contributed by atoms with Gasteiger partial charge >= 0.3 is 0 Å². The van der Waals surface area contributed by atoms with Gasteiger partial charge in [-0.25, -0.2) is 0 Å². The third-order valence-electron chi connectivity index (χ3n) is 7.85. The fourth-order valence-corrected chi connectivity index (χ4v) is 5.56. The molecule has 3 aromatic rings. The molecule has 2 saturated heterocycles. The van der Waals surface area contributed by atoms with Gasteiger partial charge in [0, 0.05) is 44.6 Å². The lowest BCUT2D eigenvalue weighted by molar-refractivity contribution is -0.276. The van der Waals surface area contributed by atoms with Crippen LogP contribution in [0.1, 0.15) is 54.9 Å². The first-order valence-electron chi connectivity index (χ1n) is 13.7. The zero-order valence-corrected chi connectivity index (χ0v) is 22.6. The Morgan fingerprint density at radius 3 is 2.38 bits per heavy atom. The van der Waals surface area contributed by atoms with E-state index < -0.39 is 6.29 Å². The molecule has 0 unspecified atom stereocenters. The van der Waals surface area contributed by atoms with E-state index in [1.807, 2.05) is 54.6 Å². The van der Waals surface area contributed by atoms with Crippen molar-refractivity contribution in [1.29, 1.82) is 0 Å². The lowest BCUT2D eigenvalue weighted by Gasteiger charge is -2.42. The van der Waals surface area contributed by atoms with Crippen LogP contribution >= 0.6 is 0 Å². The monoisotopic (exact) mass is 530 g/mol. The molecule has 3 aromatic carbocycles. The first kappa shape index (κ1) is 27.5. The van der Waals surface area contributed by atoms with Gasteiger partial charge in [-0.05, 0) is 34.2 Å². The van der Waals surface area contributed by atoms with Crippen molar-refractivity contribution in [3.8, 4) is 11.1 Å². The number of aliphatic hydroxyl groups excluding tert-OH is 2. The van der Waals surface area contributed by atoms with Crippen molar-refractivity contribution >= 4 is 5.91 Å². The van der Waals surface area contributed by atoms with Crippen molar-refractivity contribution in [2.45, 2.75) is 58.0 Å². The van der Waals surface area contributed by atoms with E-state index >= 15 is 0 Å². The average Bonchev–Trinajstić information content (AvgIpc) is 3.37. The second-order valence-corrected chi connectivity index (χ2v) is 10.7. The lowest BCUT2D eigenvalue weighted by Crippen LogP contribution is -2.44. The van der Waals surface area contributed by atoms with Gasteiger partial charge in [0.15, 0.2) is 6.29 Å². The van der Waals surface area contributed by atoms with Crippen LogP contribution in [-0.2, 0) is 27.4 Å². The first-order valence-corrected chi connectivity index (χ1v) is 13.7. The molecule has 0 bridgehead atoms. The van der Waals surface area contributed by atoms with E-state index in [4.69, 9.17) is 9.47 Å². The molecule has 0 radical (unpaired) electrons. The summed E-state index contributed by atoms with van der Waals surface area (Å²) in [5, 5.41) is 22.4. The molecule has 7 nitrogen and oxygen atoms in total. The summed E-state index contributed by atoms with van der Waals surface area (Å²) in [4.78, 5) is 13.7. The van der Waals surface area contributed by atoms with Crippen LogP contribution in [0.2, 0.25) is 0 Å². The maximum atomic E-state index is 11.5. The van der Waals surface area contributed by atoms with E-state index in [0.29, 0.717) is 13.1 Å². The number of hydrogen-bond acceptors (Lipinski definition) is 6. The summed E-state index contributed by atoms with van der Waals surface area (Å²) >= 11 is 0. The summed E-state index contributed by atoms with van der Waals surface area (Å²) in [7, 11) is 0. The first-order chi connectivity index (χ1) is 18.9. The highest BCUT2D eigenvalue weighted by molar-refractivity contribution is 5.74. The minimum absolute atomic E-state index is 0.00724. The molecule has 3 N–H and O–H groups in total. The van der Waals surface area contributed by atoms with Crippen molar-refractivity contribution in [1.82, 2.24) is 10.2 Å². The SMILES string of the molecule is CC(=O)NCc1ccccc1-c1ccc([C@@H]2O[C@H](CN3CC[C@H](O)C3)[C@H](C)[C@H](c3ccc(CO)cc3)O2)cc1. The molecule has 2 heterocycles. The van der Waals surface area contributed by atoms with Gasteiger partial charge in [0.25, 0.3) is 0 Å². The van der Waals surface area contributed by atoms with Crippen LogP contribution in [0, 0.1) is 5.92 Å². The number of β-amino-alcohol motifs (C(OH)–C–C–N with tert-alkyl or cyclic N) is 1. The van der Waals surface area contributed by atoms with Crippen molar-refractivity contribution in [3.05, 3.63) is 95.1 Å². The normalized spacial score (nSPS) is 25.5. The van der Waals surface area contributed by atoms with Gasteiger partial charge in [-0.1, -0.05) is 79.7 Å². The fraction of sp³-hybridized carbons (Fsp3) is 0.406. The van der Waals surface area contributed by atoms with Gasteiger partial charge < -0.3 is 25.0 Å². The number of benzene rings is 3. The predicted molar refractivity (Wildman–Crippen MR) is 149 cm³/mol. The molecule has 39 heavy (non-hydrogen) atoms. The van der Waals surface area contributed by atoms with Crippen LogP contribution in [0.5, 0.6) is 0 Å². The highest BCUT2D eigenvalue weighted by Gasteiger charge is 2.39. The summed E-state index contributed by atoms with van der Waals surface area (Å²) in [6.07, 6.45) is -0.275. The zero-order chi connectivity index (χ0) is 27.4. The predicted octanol–water partition coefficient (Wildman–Crippen LogP) is 4.34. The molecular weight excluding hydrogens is 492 g/mol. The largest absolute Gasteiger partial charge is 0.392 e. The number of nitrogens with zero attached hydrogens (tertiary/aromatic N) is 1.